The van der Waals surface area contributed by atoms with Crippen LogP contribution in [0.15, 0.2) is 37.7 Å². The van der Waals surface area contributed by atoms with Crippen LogP contribution in [0, 0.1) is 0 Å². The van der Waals surface area contributed by atoms with Crippen LogP contribution in [0.4, 0.5) is 23.5 Å². The molecule has 4 atom stereocenters. The SMILES string of the molecule is CCn1nnc([C@H]2O[C@@H](n3cnc4c(NC5CCC(Nc6nc(NCCc7cnc[nH]7)nc7nc[nH]c67)CC5)nc(NCCc5cnc[nH]5)nc43)[C@H](O)[C@@H]2O)n1. The van der Waals surface area contributed by atoms with E-state index in [4.69, 9.17) is 19.7 Å². The molecule has 1 aliphatic heterocycles. The number of hydrogen-bond donors (Lipinski definition) is 9. The lowest BCUT2D eigenvalue weighted by molar-refractivity contribution is -0.0384. The van der Waals surface area contributed by atoms with Gasteiger partial charge in [0, 0.05) is 61.8 Å². The molecule has 0 unspecified atom stereocenters. The van der Waals surface area contributed by atoms with Gasteiger partial charge < -0.3 is 51.2 Å². The molecule has 9 rings (SSSR count). The number of imidazole rings is 4. The summed E-state index contributed by atoms with van der Waals surface area (Å²) in [5, 5.41) is 48.4. The monoisotopic (exact) mass is 766 g/mol. The summed E-state index contributed by atoms with van der Waals surface area (Å²) in [6.07, 6.45) is 10.3. The molecule has 9 N–H and O–H groups in total. The second-order valence-electron chi connectivity index (χ2n) is 13.8. The van der Waals surface area contributed by atoms with Crippen molar-refractivity contribution in [2.75, 3.05) is 34.4 Å². The number of tetrazole rings is 1. The zero-order valence-corrected chi connectivity index (χ0v) is 30.4. The average Bonchev–Trinajstić information content (AvgIpc) is 4.07. The van der Waals surface area contributed by atoms with Gasteiger partial charge in [-0.2, -0.15) is 24.7 Å². The molecule has 2 aliphatic rings. The van der Waals surface area contributed by atoms with Gasteiger partial charge in [-0.1, -0.05) is 0 Å². The van der Waals surface area contributed by atoms with Gasteiger partial charge in [0.15, 0.2) is 40.8 Å². The minimum Gasteiger partial charge on any atom is -0.387 e. The molecule has 0 spiro atoms. The maximum Gasteiger partial charge on any atom is 0.226 e. The lowest BCUT2D eigenvalue weighted by Gasteiger charge is -2.30. The van der Waals surface area contributed by atoms with Gasteiger partial charge in [0.2, 0.25) is 17.7 Å². The number of hydrogen-bond acceptors (Lipinski definition) is 18. The third-order valence-electron chi connectivity index (χ3n) is 10.1. The van der Waals surface area contributed by atoms with Crippen molar-refractivity contribution in [3.8, 4) is 0 Å². The van der Waals surface area contributed by atoms with E-state index in [2.05, 4.69) is 76.5 Å². The topological polar surface area (TPSA) is 297 Å². The van der Waals surface area contributed by atoms with Crippen molar-refractivity contribution in [3.05, 3.63) is 54.9 Å². The molecular weight excluding hydrogens is 724 g/mol. The molecule has 1 saturated carbocycles. The standard InChI is InChI=1S/C33H42N20O3/c1-2-53-50-29(49-51-53)25-23(54)24(55)31(56-25)52-16-42-22-28(47-33(48-30(22)52)37-10-8-20-12-35-14-39-20)44-18-5-3-17(4-6-18)43-27-21-26(41-15-40-21)45-32(46-27)36-9-7-19-11-34-13-38-19/h11-18,23-25,31,54-55H,2-10H2,1H3,(H,34,38)(H,35,39)(H2,37,44,47,48)(H3,36,40,41,43,45,46)/t17?,18?,23-,24+,25-,31+/m0/s1. The maximum atomic E-state index is 11.2. The molecule has 0 radical (unpaired) electrons. The highest BCUT2D eigenvalue weighted by Gasteiger charge is 2.47. The van der Waals surface area contributed by atoms with Gasteiger partial charge in [-0.05, 0) is 37.8 Å². The van der Waals surface area contributed by atoms with E-state index >= 15 is 0 Å². The highest BCUT2D eigenvalue weighted by molar-refractivity contribution is 5.85. The molecule has 1 aliphatic carbocycles. The zero-order valence-electron chi connectivity index (χ0n) is 30.4. The van der Waals surface area contributed by atoms with Crippen LogP contribution >= 0.6 is 0 Å². The lowest BCUT2D eigenvalue weighted by Crippen LogP contribution is -2.33. The molecule has 7 aromatic rings. The van der Waals surface area contributed by atoms with Gasteiger partial charge in [0.1, 0.15) is 17.7 Å². The Morgan fingerprint density at radius 1 is 0.804 bits per heavy atom. The number of aryl methyl sites for hydroxylation is 1. The van der Waals surface area contributed by atoms with E-state index in [1.807, 2.05) is 6.92 Å². The molecule has 0 bridgehead atoms. The van der Waals surface area contributed by atoms with Crippen molar-refractivity contribution in [3.63, 3.8) is 0 Å². The predicted molar refractivity (Wildman–Crippen MR) is 200 cm³/mol. The summed E-state index contributed by atoms with van der Waals surface area (Å²) in [5.41, 5.74) is 4.27. The normalized spacial score (nSPS) is 22.6. The Bertz CT molecular complexity index is 2350. The van der Waals surface area contributed by atoms with Crippen LogP contribution < -0.4 is 21.3 Å². The van der Waals surface area contributed by atoms with E-state index < -0.39 is 24.5 Å². The Kier molecular flexibility index (Phi) is 9.75. The fourth-order valence-electron chi connectivity index (χ4n) is 7.13. The Balaban J connectivity index is 0.904. The number of aliphatic hydroxyl groups excluding tert-OH is 2. The first-order valence-corrected chi connectivity index (χ1v) is 18.7. The fraction of sp³-hybridized carbons (Fsp3) is 0.485. The van der Waals surface area contributed by atoms with Crippen LogP contribution in [0.1, 0.15) is 62.2 Å². The molecule has 1 saturated heterocycles. The summed E-state index contributed by atoms with van der Waals surface area (Å²) >= 11 is 0. The van der Waals surface area contributed by atoms with E-state index in [-0.39, 0.29) is 17.9 Å². The molecule has 56 heavy (non-hydrogen) atoms. The van der Waals surface area contributed by atoms with Crippen molar-refractivity contribution in [2.24, 2.45) is 0 Å². The van der Waals surface area contributed by atoms with Crippen molar-refractivity contribution in [2.45, 2.75) is 88.6 Å². The van der Waals surface area contributed by atoms with E-state index in [0.717, 1.165) is 49.0 Å². The van der Waals surface area contributed by atoms with Gasteiger partial charge in [-0.15, -0.1) is 10.2 Å². The van der Waals surface area contributed by atoms with Gasteiger partial charge >= 0.3 is 0 Å². The number of H-pyrrole nitrogens is 3. The number of anilines is 4. The van der Waals surface area contributed by atoms with E-state index in [1.54, 1.807) is 35.9 Å². The molecule has 23 heteroatoms. The summed E-state index contributed by atoms with van der Waals surface area (Å²) < 4.78 is 7.78. The molecule has 0 aromatic carbocycles. The van der Waals surface area contributed by atoms with E-state index in [1.165, 1.54) is 11.1 Å². The van der Waals surface area contributed by atoms with Crippen molar-refractivity contribution in [1.29, 1.82) is 0 Å². The maximum absolute atomic E-state index is 11.2. The quantitative estimate of drug-likeness (QED) is 0.0705. The molecule has 292 valence electrons. The summed E-state index contributed by atoms with van der Waals surface area (Å²) in [6.45, 7) is 3.55. The Morgan fingerprint density at radius 3 is 2.14 bits per heavy atom. The van der Waals surface area contributed by atoms with Gasteiger partial charge in [-0.25, -0.2) is 19.9 Å². The summed E-state index contributed by atoms with van der Waals surface area (Å²) in [5.74, 6) is 2.31. The largest absolute Gasteiger partial charge is 0.387 e. The first kappa shape index (κ1) is 35.4. The first-order valence-electron chi connectivity index (χ1n) is 18.7. The Morgan fingerprint density at radius 2 is 1.48 bits per heavy atom. The van der Waals surface area contributed by atoms with E-state index in [9.17, 15) is 10.2 Å². The fourth-order valence-corrected chi connectivity index (χ4v) is 7.13. The number of nitrogens with one attached hydrogen (secondary N) is 7. The Hall–Kier alpha value is -6.33. The average molecular weight is 767 g/mol. The number of aromatic nitrogens is 16. The molecule has 8 heterocycles. The van der Waals surface area contributed by atoms with Gasteiger partial charge in [0.25, 0.3) is 0 Å². The van der Waals surface area contributed by atoms with Crippen molar-refractivity contribution >= 4 is 45.9 Å². The number of rotatable bonds is 15. The second kappa shape index (κ2) is 15.4. The van der Waals surface area contributed by atoms with Crippen LogP contribution in [0.25, 0.3) is 22.3 Å². The summed E-state index contributed by atoms with van der Waals surface area (Å²) in [4.78, 5) is 47.0. The highest BCUT2D eigenvalue weighted by atomic mass is 16.6. The molecule has 23 nitrogen and oxygen atoms in total. The molecule has 2 fully saturated rings. The second-order valence-corrected chi connectivity index (χ2v) is 13.8. The number of ether oxygens (including phenoxy) is 1. The predicted octanol–water partition coefficient (Wildman–Crippen LogP) is 1.08. The van der Waals surface area contributed by atoms with Crippen LogP contribution in [0.2, 0.25) is 0 Å². The number of fused-ring (bicyclic) bond motifs is 2. The van der Waals surface area contributed by atoms with Crippen LogP contribution in [-0.2, 0) is 24.1 Å². The summed E-state index contributed by atoms with van der Waals surface area (Å²) in [7, 11) is 0. The first-order chi connectivity index (χ1) is 27.5. The van der Waals surface area contributed by atoms with Crippen molar-refractivity contribution < 1.29 is 14.9 Å². The number of aromatic amines is 3. The number of aliphatic hydroxyl groups is 2. The summed E-state index contributed by atoms with van der Waals surface area (Å²) in [6, 6.07) is 0.267. The van der Waals surface area contributed by atoms with Crippen LogP contribution in [0.5, 0.6) is 0 Å². The zero-order chi connectivity index (χ0) is 38.0. The molecule has 0 amide bonds. The minimum atomic E-state index is -1.32. The minimum absolute atomic E-state index is 0.0956. The number of nitrogens with zero attached hydrogens (tertiary/aromatic N) is 13. The smallest absolute Gasteiger partial charge is 0.226 e. The molecule has 7 aromatic heterocycles. The Labute approximate surface area is 318 Å². The van der Waals surface area contributed by atoms with Crippen LogP contribution in [-0.4, -0.2) is 127 Å². The molecular formula is C33H42N20O3. The van der Waals surface area contributed by atoms with Gasteiger partial charge in [-0.3, -0.25) is 4.57 Å². The van der Waals surface area contributed by atoms with E-state index in [0.29, 0.717) is 66.4 Å². The van der Waals surface area contributed by atoms with Crippen molar-refractivity contribution in [1.82, 2.24) is 79.6 Å². The lowest BCUT2D eigenvalue weighted by atomic mass is 9.91. The highest BCUT2D eigenvalue weighted by Crippen LogP contribution is 2.39. The van der Waals surface area contributed by atoms with Gasteiger partial charge in [0.05, 0.1) is 31.9 Å². The van der Waals surface area contributed by atoms with Crippen LogP contribution in [0.3, 0.4) is 0 Å². The third kappa shape index (κ3) is 7.25. The third-order valence-corrected chi connectivity index (χ3v) is 10.1.